The van der Waals surface area contributed by atoms with Gasteiger partial charge in [0.2, 0.25) is 0 Å². The number of rotatable bonds is 2. The molecule has 1 aliphatic rings. The van der Waals surface area contributed by atoms with Crippen LogP contribution in [0, 0.1) is 5.92 Å². The van der Waals surface area contributed by atoms with Gasteiger partial charge < -0.3 is 15.3 Å². The highest BCUT2D eigenvalue weighted by Crippen LogP contribution is 2.18. The highest BCUT2D eigenvalue weighted by Gasteiger charge is 2.28. The summed E-state index contributed by atoms with van der Waals surface area (Å²) in [5.41, 5.74) is 0.762. The zero-order valence-electron chi connectivity index (χ0n) is 9.26. The van der Waals surface area contributed by atoms with Gasteiger partial charge in [0.1, 0.15) is 0 Å². The first-order valence-corrected chi connectivity index (χ1v) is 6.42. The average molecular weight is 254 g/mol. The summed E-state index contributed by atoms with van der Waals surface area (Å²) in [5.74, 6) is -1.25. The summed E-state index contributed by atoms with van der Waals surface area (Å²) in [6.45, 7) is 0.922. The molecule has 2 rings (SSSR count). The van der Waals surface area contributed by atoms with E-state index >= 15 is 0 Å². The Hall–Kier alpha value is -1.56. The number of piperidine rings is 1. The van der Waals surface area contributed by atoms with Crippen molar-refractivity contribution in [2.75, 3.05) is 18.4 Å². The van der Waals surface area contributed by atoms with Gasteiger partial charge in [-0.05, 0) is 24.3 Å². The number of thiophene rings is 1. The quantitative estimate of drug-likeness (QED) is 0.849. The van der Waals surface area contributed by atoms with Crippen molar-refractivity contribution in [1.82, 2.24) is 4.90 Å². The SMILES string of the molecule is O=C(O)[C@@H]1CCCN(C(=O)Nc2ccsc2)C1. The molecule has 0 saturated carbocycles. The lowest BCUT2D eigenvalue weighted by molar-refractivity contribution is -0.143. The molecular formula is C11H14N2O3S. The molecule has 1 aromatic rings. The predicted molar refractivity (Wildman–Crippen MR) is 65.3 cm³/mol. The van der Waals surface area contributed by atoms with Gasteiger partial charge in [-0.1, -0.05) is 0 Å². The third-order valence-corrected chi connectivity index (χ3v) is 3.51. The molecule has 92 valence electrons. The van der Waals surface area contributed by atoms with Crippen molar-refractivity contribution in [2.45, 2.75) is 12.8 Å². The van der Waals surface area contributed by atoms with Crippen LogP contribution < -0.4 is 5.32 Å². The van der Waals surface area contributed by atoms with Crippen molar-refractivity contribution in [2.24, 2.45) is 5.92 Å². The zero-order chi connectivity index (χ0) is 12.3. The largest absolute Gasteiger partial charge is 0.481 e. The van der Waals surface area contributed by atoms with Crippen LogP contribution >= 0.6 is 11.3 Å². The van der Waals surface area contributed by atoms with E-state index in [0.29, 0.717) is 19.5 Å². The molecule has 1 aromatic heterocycles. The van der Waals surface area contributed by atoms with Crippen LogP contribution in [0.15, 0.2) is 16.8 Å². The Kier molecular flexibility index (Phi) is 3.63. The van der Waals surface area contributed by atoms with Crippen molar-refractivity contribution in [3.63, 3.8) is 0 Å². The van der Waals surface area contributed by atoms with Crippen molar-refractivity contribution >= 4 is 29.0 Å². The normalized spacial score (nSPS) is 20.0. The molecule has 0 bridgehead atoms. The Morgan fingerprint density at radius 3 is 3.00 bits per heavy atom. The number of nitrogens with zero attached hydrogens (tertiary/aromatic N) is 1. The number of urea groups is 1. The first kappa shape index (κ1) is 11.9. The highest BCUT2D eigenvalue weighted by molar-refractivity contribution is 7.08. The summed E-state index contributed by atoms with van der Waals surface area (Å²) < 4.78 is 0. The second kappa shape index (κ2) is 5.18. The van der Waals surface area contributed by atoms with E-state index in [4.69, 9.17) is 5.11 Å². The van der Waals surface area contributed by atoms with Gasteiger partial charge in [-0.25, -0.2) is 4.79 Å². The standard InChI is InChI=1S/C11H14N2O3S/c14-10(15)8-2-1-4-13(6-8)11(16)12-9-3-5-17-7-9/h3,5,7-8H,1-2,4,6H2,(H,12,16)(H,14,15)/t8-/m1/s1. The second-order valence-electron chi connectivity index (χ2n) is 4.07. The first-order chi connectivity index (χ1) is 8.16. The zero-order valence-corrected chi connectivity index (χ0v) is 10.1. The van der Waals surface area contributed by atoms with E-state index < -0.39 is 11.9 Å². The summed E-state index contributed by atoms with van der Waals surface area (Å²) >= 11 is 1.51. The summed E-state index contributed by atoms with van der Waals surface area (Å²) in [6, 6.07) is 1.61. The van der Waals surface area contributed by atoms with Crippen LogP contribution in [0.3, 0.4) is 0 Å². The summed E-state index contributed by atoms with van der Waals surface area (Å²) in [5, 5.41) is 15.4. The highest BCUT2D eigenvalue weighted by atomic mass is 32.1. The second-order valence-corrected chi connectivity index (χ2v) is 4.85. The Labute approximate surface area is 103 Å². The first-order valence-electron chi connectivity index (χ1n) is 5.48. The smallest absolute Gasteiger partial charge is 0.321 e. The monoisotopic (exact) mass is 254 g/mol. The number of nitrogens with one attached hydrogen (secondary N) is 1. The minimum absolute atomic E-state index is 0.214. The number of likely N-dealkylation sites (tertiary alicyclic amines) is 1. The molecule has 0 unspecified atom stereocenters. The molecule has 5 nitrogen and oxygen atoms in total. The molecule has 2 N–H and O–H groups in total. The average Bonchev–Trinajstić information content (AvgIpc) is 2.82. The third kappa shape index (κ3) is 2.97. The fourth-order valence-corrected chi connectivity index (χ4v) is 2.49. The molecule has 2 amide bonds. The lowest BCUT2D eigenvalue weighted by Gasteiger charge is -2.30. The maximum Gasteiger partial charge on any atom is 0.321 e. The lowest BCUT2D eigenvalue weighted by atomic mass is 9.99. The van der Waals surface area contributed by atoms with Gasteiger partial charge >= 0.3 is 12.0 Å². The fourth-order valence-electron chi connectivity index (χ4n) is 1.90. The Balaban J connectivity index is 1.93. The maximum atomic E-state index is 11.9. The summed E-state index contributed by atoms with van der Waals surface area (Å²) in [7, 11) is 0. The Bertz CT molecular complexity index is 405. The Morgan fingerprint density at radius 1 is 1.53 bits per heavy atom. The van der Waals surface area contributed by atoms with Gasteiger partial charge in [-0.15, -0.1) is 0 Å². The number of hydrogen-bond acceptors (Lipinski definition) is 3. The molecular weight excluding hydrogens is 240 g/mol. The van der Waals surface area contributed by atoms with Crippen molar-refractivity contribution in [1.29, 1.82) is 0 Å². The number of amides is 2. The number of carbonyl (C=O) groups is 2. The van der Waals surface area contributed by atoms with Crippen molar-refractivity contribution < 1.29 is 14.7 Å². The van der Waals surface area contributed by atoms with Crippen LogP contribution in [0.25, 0.3) is 0 Å². The van der Waals surface area contributed by atoms with Crippen LogP contribution in [-0.2, 0) is 4.79 Å². The number of carboxylic acid groups (broad SMARTS) is 1. The number of aliphatic carboxylic acids is 1. The molecule has 6 heteroatoms. The minimum atomic E-state index is -0.821. The van der Waals surface area contributed by atoms with E-state index in [1.165, 1.54) is 11.3 Å². The fraction of sp³-hybridized carbons (Fsp3) is 0.455. The van der Waals surface area contributed by atoms with Crippen LogP contribution in [-0.4, -0.2) is 35.1 Å². The van der Waals surface area contributed by atoms with Crippen LogP contribution in [0.2, 0.25) is 0 Å². The number of carboxylic acids is 1. The van der Waals surface area contributed by atoms with Crippen LogP contribution in [0.1, 0.15) is 12.8 Å². The van der Waals surface area contributed by atoms with E-state index in [1.54, 1.807) is 4.90 Å². The van der Waals surface area contributed by atoms with E-state index in [9.17, 15) is 9.59 Å². The van der Waals surface area contributed by atoms with Gasteiger partial charge in [0.15, 0.2) is 0 Å². The lowest BCUT2D eigenvalue weighted by Crippen LogP contribution is -2.44. The predicted octanol–water partition coefficient (Wildman–Crippen LogP) is 2.08. The summed E-state index contributed by atoms with van der Waals surface area (Å²) in [4.78, 5) is 24.3. The van der Waals surface area contributed by atoms with Crippen LogP contribution in [0.5, 0.6) is 0 Å². The molecule has 1 saturated heterocycles. The molecule has 2 heterocycles. The molecule has 0 spiro atoms. The van der Waals surface area contributed by atoms with Crippen molar-refractivity contribution in [3.8, 4) is 0 Å². The molecule has 1 fully saturated rings. The molecule has 1 aliphatic heterocycles. The van der Waals surface area contributed by atoms with E-state index in [0.717, 1.165) is 12.1 Å². The maximum absolute atomic E-state index is 11.9. The number of carbonyl (C=O) groups excluding carboxylic acids is 1. The molecule has 0 aromatic carbocycles. The van der Waals surface area contributed by atoms with Gasteiger partial charge in [0.25, 0.3) is 0 Å². The van der Waals surface area contributed by atoms with Gasteiger partial charge in [0, 0.05) is 18.5 Å². The summed E-state index contributed by atoms with van der Waals surface area (Å²) in [6.07, 6.45) is 1.39. The number of anilines is 1. The number of hydrogen-bond donors (Lipinski definition) is 2. The molecule has 0 radical (unpaired) electrons. The minimum Gasteiger partial charge on any atom is -0.481 e. The molecule has 0 aliphatic carbocycles. The third-order valence-electron chi connectivity index (χ3n) is 2.83. The van der Waals surface area contributed by atoms with E-state index in [1.807, 2.05) is 16.8 Å². The van der Waals surface area contributed by atoms with Gasteiger partial charge in [-0.3, -0.25) is 4.79 Å². The molecule has 17 heavy (non-hydrogen) atoms. The topological polar surface area (TPSA) is 69.6 Å². The van der Waals surface area contributed by atoms with Gasteiger partial charge in [0.05, 0.1) is 11.6 Å². The van der Waals surface area contributed by atoms with Crippen LogP contribution in [0.4, 0.5) is 10.5 Å². The molecule has 1 atom stereocenters. The van der Waals surface area contributed by atoms with Crippen molar-refractivity contribution in [3.05, 3.63) is 16.8 Å². The van der Waals surface area contributed by atoms with Gasteiger partial charge in [-0.2, -0.15) is 11.3 Å². The van der Waals surface area contributed by atoms with E-state index in [-0.39, 0.29) is 6.03 Å². The Morgan fingerprint density at radius 2 is 2.35 bits per heavy atom. The van der Waals surface area contributed by atoms with E-state index in [2.05, 4.69) is 5.32 Å².